The predicted octanol–water partition coefficient (Wildman–Crippen LogP) is 6.27. The number of carbonyl (C=O) groups excluding carboxylic acids is 4. The number of aromatic amines is 2. The van der Waals surface area contributed by atoms with E-state index in [4.69, 9.17) is 38.4 Å². The molecule has 0 spiro atoms. The van der Waals surface area contributed by atoms with Crippen LogP contribution in [-0.2, 0) is 28.5 Å². The zero-order valence-electron chi connectivity index (χ0n) is 38.0. The second-order valence-electron chi connectivity index (χ2n) is 16.6. The average molecular weight is 887 g/mol. The number of rotatable bonds is 19. The first-order chi connectivity index (χ1) is 30.9. The van der Waals surface area contributed by atoms with Crippen molar-refractivity contribution in [1.29, 1.82) is 0 Å². The average Bonchev–Trinajstić information content (AvgIpc) is 4.14. The molecule has 2 aromatic carbocycles. The van der Waals surface area contributed by atoms with E-state index in [1.807, 2.05) is 64.1 Å². The molecule has 346 valence electrons. The van der Waals surface area contributed by atoms with Gasteiger partial charge >= 0.3 is 12.2 Å². The number of aromatic nitrogens is 4. The molecule has 18 nitrogen and oxygen atoms in total. The highest BCUT2D eigenvalue weighted by molar-refractivity contribution is 5.87. The van der Waals surface area contributed by atoms with Crippen LogP contribution in [0.5, 0.6) is 11.5 Å². The molecule has 18 heteroatoms. The van der Waals surface area contributed by atoms with E-state index in [0.29, 0.717) is 73.7 Å². The van der Waals surface area contributed by atoms with Crippen molar-refractivity contribution >= 4 is 24.0 Å². The van der Waals surface area contributed by atoms with Gasteiger partial charge in [0.2, 0.25) is 11.8 Å². The third-order valence-corrected chi connectivity index (χ3v) is 11.6. The van der Waals surface area contributed by atoms with E-state index in [0.717, 1.165) is 41.6 Å². The number of carbonyl (C=O) groups is 4. The van der Waals surface area contributed by atoms with Crippen LogP contribution in [0.15, 0.2) is 48.8 Å². The summed E-state index contributed by atoms with van der Waals surface area (Å²) in [6.07, 6.45) is 5.24. The molecular formula is C46H62N8O10. The van der Waals surface area contributed by atoms with E-state index in [1.165, 1.54) is 14.2 Å². The quantitative estimate of drug-likeness (QED) is 0.0768. The Kier molecular flexibility index (Phi) is 16.3. The second-order valence-corrected chi connectivity index (χ2v) is 16.6. The zero-order chi connectivity index (χ0) is 45.9. The number of hydrogen-bond acceptors (Lipinski definition) is 12. The minimum atomic E-state index is -0.754. The van der Waals surface area contributed by atoms with Crippen molar-refractivity contribution in [1.82, 2.24) is 40.4 Å². The van der Waals surface area contributed by atoms with Gasteiger partial charge in [0.1, 0.15) is 48.4 Å². The molecule has 4 unspecified atom stereocenters. The number of benzene rings is 2. The molecule has 2 aliphatic rings. The van der Waals surface area contributed by atoms with Gasteiger partial charge in [-0.05, 0) is 60.8 Å². The number of hydrogen-bond donors (Lipinski definition) is 4. The van der Waals surface area contributed by atoms with Gasteiger partial charge in [0.25, 0.3) is 0 Å². The van der Waals surface area contributed by atoms with E-state index in [9.17, 15) is 19.2 Å². The van der Waals surface area contributed by atoms with Gasteiger partial charge in [-0.3, -0.25) is 9.59 Å². The number of likely N-dealkylation sites (tertiary alicyclic amines) is 2. The first-order valence-electron chi connectivity index (χ1n) is 21.8. The van der Waals surface area contributed by atoms with Crippen molar-refractivity contribution in [2.24, 2.45) is 11.8 Å². The first kappa shape index (κ1) is 47.3. The van der Waals surface area contributed by atoms with Crippen LogP contribution in [0.2, 0.25) is 0 Å². The molecule has 0 bridgehead atoms. The van der Waals surface area contributed by atoms with Crippen LogP contribution < -0.4 is 20.1 Å². The predicted molar refractivity (Wildman–Crippen MR) is 237 cm³/mol. The first-order valence-corrected chi connectivity index (χ1v) is 21.8. The van der Waals surface area contributed by atoms with Crippen LogP contribution in [0.25, 0.3) is 33.6 Å². The smallest absolute Gasteiger partial charge is 0.407 e. The molecule has 0 aliphatic carbocycles. The Bertz CT molecular complexity index is 2210. The number of ether oxygens (including phenoxy) is 6. The lowest BCUT2D eigenvalue weighted by atomic mass is 9.99. The largest absolute Gasteiger partial charge is 0.491 e. The molecule has 2 aliphatic heterocycles. The van der Waals surface area contributed by atoms with E-state index in [1.54, 1.807) is 36.4 Å². The van der Waals surface area contributed by atoms with Crippen LogP contribution >= 0.6 is 0 Å². The molecule has 64 heavy (non-hydrogen) atoms. The summed E-state index contributed by atoms with van der Waals surface area (Å²) in [7, 11) is 5.79. The molecule has 2 fully saturated rings. The lowest BCUT2D eigenvalue weighted by Gasteiger charge is -2.30. The topological polar surface area (TPSA) is 212 Å². The lowest BCUT2D eigenvalue weighted by Crippen LogP contribution is -2.51. The SMILES string of the molecule is COCCOc1cc(-c2cnc(C3CCCN3C(=O)C(NC(=O)OC)C(C)C)[nH]2)c(OCCOC)cc1-c1ccc(-c2cnc(C3CCCN3C(=O)C(NC(=O)OC)C(C)C)[nH]2)cc1. The van der Waals surface area contributed by atoms with Crippen LogP contribution in [0.1, 0.15) is 77.1 Å². The maximum Gasteiger partial charge on any atom is 0.407 e. The molecule has 2 aromatic heterocycles. The van der Waals surface area contributed by atoms with Crippen molar-refractivity contribution in [3.8, 4) is 45.1 Å². The van der Waals surface area contributed by atoms with Crippen molar-refractivity contribution in [3.63, 3.8) is 0 Å². The van der Waals surface area contributed by atoms with Gasteiger partial charge in [-0.1, -0.05) is 52.0 Å². The van der Waals surface area contributed by atoms with E-state index >= 15 is 0 Å². The maximum atomic E-state index is 13.8. The van der Waals surface area contributed by atoms with Gasteiger partial charge in [-0.25, -0.2) is 19.6 Å². The third kappa shape index (κ3) is 11.0. The molecule has 4 atom stereocenters. The van der Waals surface area contributed by atoms with Crippen molar-refractivity contribution < 1.29 is 47.6 Å². The Labute approximate surface area is 374 Å². The fourth-order valence-electron chi connectivity index (χ4n) is 8.22. The second kappa shape index (κ2) is 22.0. The van der Waals surface area contributed by atoms with Crippen molar-refractivity contribution in [3.05, 3.63) is 60.4 Å². The van der Waals surface area contributed by atoms with Crippen LogP contribution in [0, 0.1) is 11.8 Å². The summed E-state index contributed by atoms with van der Waals surface area (Å²) in [4.78, 5) is 71.7. The number of imidazole rings is 2. The highest BCUT2D eigenvalue weighted by Crippen LogP contribution is 2.42. The normalized spacial score (nSPS) is 17.1. The molecule has 4 aromatic rings. The molecule has 0 radical (unpaired) electrons. The standard InChI is InChI=1S/C46H62N8O10/c1-27(2)39(51-45(57)61-7)43(55)53-17-9-11-35(53)41-47-25-33(49-41)30-15-13-29(14-16-30)31-23-38(64-22-20-60-6)32(24-37(31)63-21-19-59-5)34-26-48-42(50-34)36-12-10-18-54(36)44(56)40(28(3)4)52-46(58)62-8/h13-16,23-28,35-36,39-40H,9-12,17-22H2,1-8H3,(H,47,49)(H,48,50)(H,51,57)(H,52,58). The van der Waals surface area contributed by atoms with Gasteiger partial charge < -0.3 is 58.8 Å². The summed E-state index contributed by atoms with van der Waals surface area (Å²) in [5, 5.41) is 5.40. The Balaban J connectivity index is 1.28. The number of H-pyrrole nitrogens is 2. The monoisotopic (exact) mass is 886 g/mol. The van der Waals surface area contributed by atoms with Crippen LogP contribution in [-0.4, -0.2) is 134 Å². The molecule has 4 amide bonds. The Morgan fingerprint density at radius 3 is 1.55 bits per heavy atom. The molecule has 6 rings (SSSR count). The van der Waals surface area contributed by atoms with E-state index < -0.39 is 24.3 Å². The minimum Gasteiger partial charge on any atom is -0.491 e. The fourth-order valence-corrected chi connectivity index (χ4v) is 8.22. The zero-order valence-corrected chi connectivity index (χ0v) is 38.0. The number of amides is 4. The number of nitrogens with zero attached hydrogens (tertiary/aromatic N) is 4. The summed E-state index contributed by atoms with van der Waals surface area (Å²) in [5.74, 6) is 1.80. The Morgan fingerprint density at radius 2 is 1.08 bits per heavy atom. The highest BCUT2D eigenvalue weighted by atomic mass is 16.5. The fraction of sp³-hybridized carbons (Fsp3) is 0.522. The van der Waals surface area contributed by atoms with Gasteiger partial charge in [-0.15, -0.1) is 0 Å². The summed E-state index contributed by atoms with van der Waals surface area (Å²) in [5.41, 5.74) is 4.72. The van der Waals surface area contributed by atoms with Crippen LogP contribution in [0.3, 0.4) is 0 Å². The van der Waals surface area contributed by atoms with Gasteiger partial charge in [0.15, 0.2) is 0 Å². The minimum absolute atomic E-state index is 0.138. The summed E-state index contributed by atoms with van der Waals surface area (Å²) >= 11 is 0. The molecular weight excluding hydrogens is 825 g/mol. The van der Waals surface area contributed by atoms with Gasteiger partial charge in [-0.2, -0.15) is 0 Å². The number of alkyl carbamates (subject to hydrolysis) is 2. The van der Waals surface area contributed by atoms with E-state index in [-0.39, 0.29) is 42.3 Å². The highest BCUT2D eigenvalue weighted by Gasteiger charge is 2.39. The van der Waals surface area contributed by atoms with E-state index in [2.05, 4.69) is 20.6 Å². The van der Waals surface area contributed by atoms with Crippen LogP contribution in [0.4, 0.5) is 9.59 Å². The number of nitrogens with one attached hydrogen (secondary N) is 4. The molecule has 4 heterocycles. The molecule has 2 saturated heterocycles. The summed E-state index contributed by atoms with van der Waals surface area (Å²) < 4.78 is 33.0. The maximum absolute atomic E-state index is 13.8. The number of methoxy groups -OCH3 is 4. The Morgan fingerprint density at radius 1 is 0.641 bits per heavy atom. The third-order valence-electron chi connectivity index (χ3n) is 11.6. The Hall–Kier alpha value is -6.14. The lowest BCUT2D eigenvalue weighted by molar-refractivity contribution is -0.136. The molecule has 4 N–H and O–H groups in total. The van der Waals surface area contributed by atoms with Crippen molar-refractivity contribution in [2.45, 2.75) is 77.5 Å². The summed E-state index contributed by atoms with van der Waals surface area (Å²) in [6, 6.07) is 9.80. The van der Waals surface area contributed by atoms with Gasteiger partial charge in [0, 0.05) is 38.4 Å². The summed E-state index contributed by atoms with van der Waals surface area (Å²) in [6.45, 7) is 9.94. The molecule has 0 saturated carbocycles. The van der Waals surface area contributed by atoms with Gasteiger partial charge in [0.05, 0.1) is 63.3 Å². The van der Waals surface area contributed by atoms with Crippen molar-refractivity contribution in [2.75, 3.05) is 68.0 Å².